The minimum absolute atomic E-state index is 0.0326. The zero-order chi connectivity index (χ0) is 24.8. The van der Waals surface area contributed by atoms with Crippen LogP contribution in [-0.4, -0.2) is 32.3 Å². The van der Waals surface area contributed by atoms with Gasteiger partial charge in [-0.3, -0.25) is 9.59 Å². The van der Waals surface area contributed by atoms with Gasteiger partial charge in [-0.2, -0.15) is 0 Å². The molecule has 0 bridgehead atoms. The van der Waals surface area contributed by atoms with E-state index in [-0.39, 0.29) is 23.5 Å². The maximum absolute atomic E-state index is 12.9. The van der Waals surface area contributed by atoms with Crippen LogP contribution in [0.4, 0.5) is 5.69 Å². The number of carbonyl (C=O) groups excluding carboxylic acids is 2. The molecular formula is C23H24Cl3N5O2S. The molecular weight excluding hydrogens is 517 g/mol. The van der Waals surface area contributed by atoms with E-state index < -0.39 is 6.04 Å². The molecule has 0 aliphatic carbocycles. The third-order valence-electron chi connectivity index (χ3n) is 4.92. The number of nitrogens with zero attached hydrogens (tertiary/aromatic N) is 3. The Morgan fingerprint density at radius 3 is 2.47 bits per heavy atom. The van der Waals surface area contributed by atoms with Crippen LogP contribution in [0.15, 0.2) is 47.6 Å². The molecule has 2 aromatic carbocycles. The molecule has 0 aliphatic heterocycles. The van der Waals surface area contributed by atoms with Crippen LogP contribution in [0.5, 0.6) is 0 Å². The van der Waals surface area contributed by atoms with E-state index in [0.29, 0.717) is 43.8 Å². The number of anilines is 1. The number of hydrogen-bond acceptors (Lipinski definition) is 5. The van der Waals surface area contributed by atoms with E-state index in [0.717, 1.165) is 0 Å². The first-order valence-corrected chi connectivity index (χ1v) is 12.7. The van der Waals surface area contributed by atoms with E-state index in [9.17, 15) is 9.59 Å². The Labute approximate surface area is 217 Å². The lowest BCUT2D eigenvalue weighted by Gasteiger charge is -2.22. The third kappa shape index (κ3) is 6.66. The lowest BCUT2D eigenvalue weighted by molar-refractivity contribution is -0.113. The quantitative estimate of drug-likeness (QED) is 0.319. The molecule has 1 atom stereocenters. The molecule has 0 fully saturated rings. The fourth-order valence-corrected chi connectivity index (χ4v) is 4.52. The fourth-order valence-electron chi connectivity index (χ4n) is 3.22. The molecule has 7 nitrogen and oxygen atoms in total. The second-order valence-electron chi connectivity index (χ2n) is 7.76. The van der Waals surface area contributed by atoms with Crippen LogP contribution >= 0.6 is 46.6 Å². The maximum atomic E-state index is 12.9. The largest absolute Gasteiger partial charge is 0.342 e. The van der Waals surface area contributed by atoms with Gasteiger partial charge < -0.3 is 15.2 Å². The summed E-state index contributed by atoms with van der Waals surface area (Å²) in [5.41, 5.74) is 1.02. The monoisotopic (exact) mass is 539 g/mol. The van der Waals surface area contributed by atoms with E-state index >= 15 is 0 Å². The molecule has 1 aromatic heterocycles. The van der Waals surface area contributed by atoms with Crippen LogP contribution < -0.4 is 10.6 Å². The zero-order valence-corrected chi connectivity index (χ0v) is 21.9. The van der Waals surface area contributed by atoms with Crippen LogP contribution in [0.2, 0.25) is 15.1 Å². The van der Waals surface area contributed by atoms with E-state index in [2.05, 4.69) is 20.8 Å². The van der Waals surface area contributed by atoms with E-state index in [4.69, 9.17) is 34.8 Å². The van der Waals surface area contributed by atoms with Crippen molar-refractivity contribution in [3.8, 4) is 0 Å². The standard InChI is InChI=1S/C23H24Cl3N5O2S/c1-4-31-21(20(13(2)3)28-22(33)14-8-9-17(25)18(26)10-14)29-30-23(31)34-12-19(32)27-16-7-5-6-15(24)11-16/h5-11,13,20H,4,12H2,1-3H3,(H,27,32)(H,28,33)/t20-/m0/s1. The van der Waals surface area contributed by atoms with Gasteiger partial charge in [0.2, 0.25) is 5.91 Å². The lowest BCUT2D eigenvalue weighted by Crippen LogP contribution is -2.33. The smallest absolute Gasteiger partial charge is 0.251 e. The van der Waals surface area contributed by atoms with E-state index in [1.54, 1.807) is 36.4 Å². The van der Waals surface area contributed by atoms with Crippen LogP contribution in [-0.2, 0) is 11.3 Å². The van der Waals surface area contributed by atoms with Gasteiger partial charge in [0.1, 0.15) is 0 Å². The first-order valence-electron chi connectivity index (χ1n) is 10.6. The van der Waals surface area contributed by atoms with Crippen molar-refractivity contribution in [1.29, 1.82) is 0 Å². The van der Waals surface area contributed by atoms with Gasteiger partial charge in [-0.15, -0.1) is 10.2 Å². The number of amides is 2. The Hall–Kier alpha value is -2.26. The summed E-state index contributed by atoms with van der Waals surface area (Å²) >= 11 is 19.3. The SMILES string of the molecule is CCn1c(SCC(=O)Nc2cccc(Cl)c2)nnc1[C@@H](NC(=O)c1ccc(Cl)c(Cl)c1)C(C)C. The number of halogens is 3. The van der Waals surface area contributed by atoms with Gasteiger partial charge in [0, 0.05) is 22.8 Å². The summed E-state index contributed by atoms with van der Waals surface area (Å²) in [4.78, 5) is 25.3. The van der Waals surface area contributed by atoms with Crippen LogP contribution in [0, 0.1) is 5.92 Å². The summed E-state index contributed by atoms with van der Waals surface area (Å²) in [6.07, 6.45) is 0. The molecule has 11 heteroatoms. The minimum Gasteiger partial charge on any atom is -0.342 e. The third-order valence-corrected chi connectivity index (χ3v) is 6.86. The Morgan fingerprint density at radius 2 is 1.82 bits per heavy atom. The number of rotatable bonds is 9. The highest BCUT2D eigenvalue weighted by Gasteiger charge is 2.26. The summed E-state index contributed by atoms with van der Waals surface area (Å²) in [5, 5.41) is 16.3. The summed E-state index contributed by atoms with van der Waals surface area (Å²) in [6, 6.07) is 11.3. The molecule has 0 radical (unpaired) electrons. The van der Waals surface area contributed by atoms with Crippen LogP contribution in [0.1, 0.15) is 43.0 Å². The first-order chi connectivity index (χ1) is 16.2. The van der Waals surface area contributed by atoms with Crippen molar-refractivity contribution >= 4 is 64.1 Å². The van der Waals surface area contributed by atoms with Crippen molar-refractivity contribution in [2.24, 2.45) is 5.92 Å². The Morgan fingerprint density at radius 1 is 1.06 bits per heavy atom. The van der Waals surface area contributed by atoms with Crippen molar-refractivity contribution in [3.63, 3.8) is 0 Å². The molecule has 180 valence electrons. The van der Waals surface area contributed by atoms with Crippen molar-refractivity contribution < 1.29 is 9.59 Å². The maximum Gasteiger partial charge on any atom is 0.251 e. The fraction of sp³-hybridized carbons (Fsp3) is 0.304. The minimum atomic E-state index is -0.399. The number of nitrogens with one attached hydrogen (secondary N) is 2. The summed E-state index contributed by atoms with van der Waals surface area (Å²) in [7, 11) is 0. The normalized spacial score (nSPS) is 12.0. The van der Waals surface area contributed by atoms with Crippen molar-refractivity contribution in [2.75, 3.05) is 11.1 Å². The summed E-state index contributed by atoms with van der Waals surface area (Å²) in [5.74, 6) is 0.312. The molecule has 3 rings (SSSR count). The van der Waals surface area contributed by atoms with Crippen LogP contribution in [0.25, 0.3) is 0 Å². The Bertz CT molecular complexity index is 1190. The molecule has 0 aliphatic rings. The van der Waals surface area contributed by atoms with Gasteiger partial charge in [-0.25, -0.2) is 0 Å². The van der Waals surface area contributed by atoms with Crippen LogP contribution in [0.3, 0.4) is 0 Å². The molecule has 1 heterocycles. The number of aromatic nitrogens is 3. The average Bonchev–Trinajstić information content (AvgIpc) is 3.20. The topological polar surface area (TPSA) is 88.9 Å². The highest BCUT2D eigenvalue weighted by Crippen LogP contribution is 2.27. The highest BCUT2D eigenvalue weighted by molar-refractivity contribution is 7.99. The van der Waals surface area contributed by atoms with Crippen molar-refractivity contribution in [3.05, 3.63) is 68.9 Å². The molecule has 2 N–H and O–H groups in total. The van der Waals surface area contributed by atoms with E-state index in [1.807, 2.05) is 25.3 Å². The molecule has 0 saturated carbocycles. The van der Waals surface area contributed by atoms with Crippen molar-refractivity contribution in [2.45, 2.75) is 38.5 Å². The van der Waals surface area contributed by atoms with Crippen molar-refractivity contribution in [1.82, 2.24) is 20.1 Å². The molecule has 3 aromatic rings. The molecule has 0 saturated heterocycles. The van der Waals surface area contributed by atoms with Gasteiger partial charge in [0.15, 0.2) is 11.0 Å². The Balaban J connectivity index is 1.72. The predicted molar refractivity (Wildman–Crippen MR) is 138 cm³/mol. The number of benzene rings is 2. The average molecular weight is 541 g/mol. The van der Waals surface area contributed by atoms with Gasteiger partial charge in [0.25, 0.3) is 5.91 Å². The Kier molecular flexibility index (Phi) is 9.24. The summed E-state index contributed by atoms with van der Waals surface area (Å²) in [6.45, 7) is 6.51. The molecule has 34 heavy (non-hydrogen) atoms. The second kappa shape index (κ2) is 11.9. The number of thioether (sulfide) groups is 1. The van der Waals surface area contributed by atoms with E-state index in [1.165, 1.54) is 17.8 Å². The zero-order valence-electron chi connectivity index (χ0n) is 18.8. The number of hydrogen-bond donors (Lipinski definition) is 2. The molecule has 0 unspecified atom stereocenters. The highest BCUT2D eigenvalue weighted by atomic mass is 35.5. The second-order valence-corrected chi connectivity index (χ2v) is 9.95. The molecule has 0 spiro atoms. The van der Waals surface area contributed by atoms with Gasteiger partial charge >= 0.3 is 0 Å². The van der Waals surface area contributed by atoms with Gasteiger partial charge in [-0.1, -0.05) is 66.5 Å². The number of carbonyl (C=O) groups is 2. The van der Waals surface area contributed by atoms with Gasteiger partial charge in [-0.05, 0) is 49.2 Å². The first kappa shape index (κ1) is 26.3. The predicted octanol–water partition coefficient (Wildman–Crippen LogP) is 6.12. The lowest BCUT2D eigenvalue weighted by atomic mass is 10.0. The molecule has 2 amide bonds. The van der Waals surface area contributed by atoms with Gasteiger partial charge in [0.05, 0.1) is 21.8 Å². The summed E-state index contributed by atoms with van der Waals surface area (Å²) < 4.78 is 1.90.